The van der Waals surface area contributed by atoms with Gasteiger partial charge in [0.2, 0.25) is 0 Å². The molecule has 1 saturated heterocycles. The standard InChI is InChI=1S/C12H13FN2O2/c13-10-4-3-9(14-8-1-2-8)7-11(10)15-5-6-17-12(15)16/h3-4,7-8,14H,1-2,5-6H2. The number of carbonyl (C=O) groups excluding carboxylic acids is 1. The van der Waals surface area contributed by atoms with Gasteiger partial charge < -0.3 is 10.1 Å². The van der Waals surface area contributed by atoms with Crippen LogP contribution < -0.4 is 10.2 Å². The zero-order valence-electron chi connectivity index (χ0n) is 9.28. The predicted octanol–water partition coefficient (Wildman–Crippen LogP) is 2.36. The van der Waals surface area contributed by atoms with Crippen molar-refractivity contribution in [3.05, 3.63) is 24.0 Å². The van der Waals surface area contributed by atoms with Crippen molar-refractivity contribution in [2.45, 2.75) is 18.9 Å². The van der Waals surface area contributed by atoms with Crippen LogP contribution in [0.3, 0.4) is 0 Å². The van der Waals surface area contributed by atoms with Crippen molar-refractivity contribution in [2.24, 2.45) is 0 Å². The number of anilines is 2. The number of hydrogen-bond donors (Lipinski definition) is 1. The molecule has 0 spiro atoms. The first-order valence-electron chi connectivity index (χ1n) is 5.74. The topological polar surface area (TPSA) is 41.6 Å². The van der Waals surface area contributed by atoms with E-state index >= 15 is 0 Å². The summed E-state index contributed by atoms with van der Waals surface area (Å²) in [5.41, 5.74) is 1.14. The van der Waals surface area contributed by atoms with Gasteiger partial charge in [-0.1, -0.05) is 0 Å². The van der Waals surface area contributed by atoms with E-state index < -0.39 is 11.9 Å². The highest BCUT2D eigenvalue weighted by atomic mass is 19.1. The lowest BCUT2D eigenvalue weighted by molar-refractivity contribution is 0.181. The van der Waals surface area contributed by atoms with Crippen LogP contribution in [-0.2, 0) is 4.74 Å². The molecule has 0 aromatic heterocycles. The third-order valence-electron chi connectivity index (χ3n) is 2.95. The minimum atomic E-state index is -0.479. The minimum absolute atomic E-state index is 0.290. The molecule has 1 heterocycles. The van der Waals surface area contributed by atoms with Crippen molar-refractivity contribution in [1.82, 2.24) is 0 Å². The Labute approximate surface area is 98.4 Å². The Bertz CT molecular complexity index is 460. The lowest BCUT2D eigenvalue weighted by Gasteiger charge is -2.15. The van der Waals surface area contributed by atoms with Crippen molar-refractivity contribution >= 4 is 17.5 Å². The summed E-state index contributed by atoms with van der Waals surface area (Å²) in [4.78, 5) is 12.7. The molecular formula is C12H13FN2O2. The summed E-state index contributed by atoms with van der Waals surface area (Å²) in [5, 5.41) is 3.28. The fourth-order valence-electron chi connectivity index (χ4n) is 1.88. The number of rotatable bonds is 3. The van der Waals surface area contributed by atoms with Gasteiger partial charge in [-0.25, -0.2) is 9.18 Å². The summed E-state index contributed by atoms with van der Waals surface area (Å²) in [5.74, 6) is -0.398. The van der Waals surface area contributed by atoms with Gasteiger partial charge in [0.05, 0.1) is 12.2 Å². The summed E-state index contributed by atoms with van der Waals surface area (Å²) in [7, 11) is 0. The molecule has 2 fully saturated rings. The van der Waals surface area contributed by atoms with Gasteiger partial charge in [-0.2, -0.15) is 0 Å². The lowest BCUT2D eigenvalue weighted by Crippen LogP contribution is -2.24. The summed E-state index contributed by atoms with van der Waals surface area (Å²) in [6, 6.07) is 5.24. The zero-order valence-corrected chi connectivity index (χ0v) is 9.28. The van der Waals surface area contributed by atoms with Gasteiger partial charge in [-0.05, 0) is 31.0 Å². The number of hydrogen-bond acceptors (Lipinski definition) is 3. The predicted molar refractivity (Wildman–Crippen MR) is 61.7 cm³/mol. The zero-order chi connectivity index (χ0) is 11.8. The quantitative estimate of drug-likeness (QED) is 0.875. The summed E-state index contributed by atoms with van der Waals surface area (Å²) < 4.78 is 18.5. The highest BCUT2D eigenvalue weighted by molar-refractivity contribution is 5.90. The smallest absolute Gasteiger partial charge is 0.414 e. The second-order valence-corrected chi connectivity index (χ2v) is 4.35. The first-order chi connectivity index (χ1) is 8.24. The lowest BCUT2D eigenvalue weighted by atomic mass is 10.2. The molecule has 1 aromatic rings. The number of nitrogens with one attached hydrogen (secondary N) is 1. The number of amides is 1. The first-order valence-corrected chi connectivity index (χ1v) is 5.74. The summed E-state index contributed by atoms with van der Waals surface area (Å²) in [6.07, 6.45) is 1.82. The molecule has 0 atom stereocenters. The Hall–Kier alpha value is -1.78. The molecule has 4 nitrogen and oxygen atoms in total. The van der Waals surface area contributed by atoms with Crippen molar-refractivity contribution < 1.29 is 13.9 Å². The fraction of sp³-hybridized carbons (Fsp3) is 0.417. The number of halogens is 1. The second-order valence-electron chi connectivity index (χ2n) is 4.35. The average molecular weight is 236 g/mol. The molecule has 5 heteroatoms. The van der Waals surface area contributed by atoms with Crippen molar-refractivity contribution in [1.29, 1.82) is 0 Å². The maximum Gasteiger partial charge on any atom is 0.414 e. The van der Waals surface area contributed by atoms with E-state index in [-0.39, 0.29) is 5.69 Å². The molecule has 3 rings (SSSR count). The Morgan fingerprint density at radius 3 is 2.88 bits per heavy atom. The highest BCUT2D eigenvalue weighted by Crippen LogP contribution is 2.29. The molecule has 0 unspecified atom stereocenters. The minimum Gasteiger partial charge on any atom is -0.447 e. The Balaban J connectivity index is 1.87. The summed E-state index contributed by atoms with van der Waals surface area (Å²) in [6.45, 7) is 0.723. The number of ether oxygens (including phenoxy) is 1. The monoisotopic (exact) mass is 236 g/mol. The first kappa shape index (κ1) is 10.4. The van der Waals surface area contributed by atoms with E-state index in [9.17, 15) is 9.18 Å². The number of nitrogens with zero attached hydrogens (tertiary/aromatic N) is 1. The van der Waals surface area contributed by atoms with E-state index in [1.807, 2.05) is 0 Å². The molecule has 1 N–H and O–H groups in total. The maximum absolute atomic E-state index is 13.7. The Morgan fingerprint density at radius 2 is 2.24 bits per heavy atom. The van der Waals surface area contributed by atoms with Gasteiger partial charge in [0.25, 0.3) is 0 Å². The van der Waals surface area contributed by atoms with Crippen LogP contribution in [0.15, 0.2) is 18.2 Å². The van der Waals surface area contributed by atoms with Crippen LogP contribution in [-0.4, -0.2) is 25.3 Å². The van der Waals surface area contributed by atoms with Crippen LogP contribution >= 0.6 is 0 Å². The second kappa shape index (κ2) is 3.91. The summed E-state index contributed by atoms with van der Waals surface area (Å²) >= 11 is 0. The van der Waals surface area contributed by atoms with Crippen LogP contribution in [0.2, 0.25) is 0 Å². The molecule has 1 aromatic carbocycles. The third-order valence-corrected chi connectivity index (χ3v) is 2.95. The van der Waals surface area contributed by atoms with Gasteiger partial charge in [0, 0.05) is 11.7 Å². The van der Waals surface area contributed by atoms with E-state index in [0.717, 1.165) is 18.5 Å². The number of benzene rings is 1. The largest absolute Gasteiger partial charge is 0.447 e. The van der Waals surface area contributed by atoms with Crippen molar-refractivity contribution in [2.75, 3.05) is 23.4 Å². The van der Waals surface area contributed by atoms with E-state index in [1.165, 1.54) is 11.0 Å². The molecule has 1 amide bonds. The van der Waals surface area contributed by atoms with Crippen molar-refractivity contribution in [3.8, 4) is 0 Å². The van der Waals surface area contributed by atoms with Crippen LogP contribution in [0.25, 0.3) is 0 Å². The molecule has 17 heavy (non-hydrogen) atoms. The molecule has 1 aliphatic heterocycles. The van der Waals surface area contributed by atoms with E-state index in [1.54, 1.807) is 12.1 Å². The molecule has 1 saturated carbocycles. The molecule has 1 aliphatic carbocycles. The van der Waals surface area contributed by atoms with E-state index in [4.69, 9.17) is 4.74 Å². The van der Waals surface area contributed by atoms with Gasteiger partial charge in [-0.3, -0.25) is 4.90 Å². The van der Waals surface area contributed by atoms with E-state index in [0.29, 0.717) is 19.2 Å². The van der Waals surface area contributed by atoms with Crippen LogP contribution in [0.5, 0.6) is 0 Å². The Kier molecular flexibility index (Phi) is 2.39. The van der Waals surface area contributed by atoms with Crippen molar-refractivity contribution in [3.63, 3.8) is 0 Å². The third kappa shape index (κ3) is 2.05. The molecule has 0 radical (unpaired) electrons. The fourth-order valence-corrected chi connectivity index (χ4v) is 1.88. The molecular weight excluding hydrogens is 223 g/mol. The van der Waals surface area contributed by atoms with Gasteiger partial charge in [0.15, 0.2) is 0 Å². The molecule has 0 bridgehead atoms. The normalized spacial score (nSPS) is 19.4. The van der Waals surface area contributed by atoms with Crippen LogP contribution in [0, 0.1) is 5.82 Å². The molecule has 2 aliphatic rings. The van der Waals surface area contributed by atoms with Gasteiger partial charge in [-0.15, -0.1) is 0 Å². The SMILES string of the molecule is O=C1OCCN1c1cc(NC2CC2)ccc1F. The maximum atomic E-state index is 13.7. The van der Waals surface area contributed by atoms with Crippen LogP contribution in [0.4, 0.5) is 20.6 Å². The van der Waals surface area contributed by atoms with Gasteiger partial charge >= 0.3 is 6.09 Å². The highest BCUT2D eigenvalue weighted by Gasteiger charge is 2.27. The molecule has 90 valence electrons. The Morgan fingerprint density at radius 1 is 1.41 bits per heavy atom. The van der Waals surface area contributed by atoms with Crippen LogP contribution in [0.1, 0.15) is 12.8 Å². The number of carbonyl (C=O) groups is 1. The number of cyclic esters (lactones) is 1. The van der Waals surface area contributed by atoms with E-state index in [2.05, 4.69) is 5.32 Å². The average Bonchev–Trinajstić information content (AvgIpc) is 3.02. The van der Waals surface area contributed by atoms with Gasteiger partial charge in [0.1, 0.15) is 12.4 Å².